The quantitative estimate of drug-likeness (QED) is 0.753. The van der Waals surface area contributed by atoms with Gasteiger partial charge in [-0.05, 0) is 38.0 Å². The molecule has 1 saturated heterocycles. The van der Waals surface area contributed by atoms with E-state index in [0.717, 1.165) is 6.42 Å². The van der Waals surface area contributed by atoms with E-state index in [-0.39, 0.29) is 6.42 Å². The van der Waals surface area contributed by atoms with Crippen LogP contribution in [0.2, 0.25) is 0 Å². The highest BCUT2D eigenvalue weighted by molar-refractivity contribution is 7.99. The van der Waals surface area contributed by atoms with Gasteiger partial charge in [-0.2, -0.15) is 24.9 Å². The lowest BCUT2D eigenvalue weighted by atomic mass is 10.1. The number of rotatable bonds is 5. The molecule has 0 amide bonds. The van der Waals surface area contributed by atoms with Gasteiger partial charge in [0.15, 0.2) is 0 Å². The van der Waals surface area contributed by atoms with Gasteiger partial charge in [0.25, 0.3) is 0 Å². The predicted molar refractivity (Wildman–Crippen MR) is 62.9 cm³/mol. The van der Waals surface area contributed by atoms with Crippen LogP contribution >= 0.6 is 11.8 Å². The molecule has 1 rings (SSSR count). The fourth-order valence-corrected chi connectivity index (χ4v) is 3.10. The van der Waals surface area contributed by atoms with Gasteiger partial charge in [0.2, 0.25) is 0 Å². The zero-order valence-electron chi connectivity index (χ0n) is 9.65. The lowest BCUT2D eigenvalue weighted by molar-refractivity contribution is -0.135. The van der Waals surface area contributed by atoms with Crippen LogP contribution in [-0.2, 0) is 0 Å². The fraction of sp³-hybridized carbons (Fsp3) is 1.00. The minimum absolute atomic E-state index is 0.241. The smallest absolute Gasteiger partial charge is 0.313 e. The Balaban J connectivity index is 2.02. The molecule has 0 aromatic carbocycles. The molecule has 0 spiro atoms. The fourth-order valence-electron chi connectivity index (χ4n) is 1.93. The molecule has 1 fully saturated rings. The molecule has 0 aromatic rings. The summed E-state index contributed by atoms with van der Waals surface area (Å²) in [5.74, 6) is 1.22. The highest BCUT2D eigenvalue weighted by atomic mass is 32.2. The molecule has 2 unspecified atom stereocenters. The van der Waals surface area contributed by atoms with Crippen molar-refractivity contribution < 1.29 is 13.2 Å². The van der Waals surface area contributed by atoms with Crippen molar-refractivity contribution in [3.8, 4) is 0 Å². The van der Waals surface area contributed by atoms with Crippen molar-refractivity contribution >= 4 is 11.8 Å². The molecular weight excluding hydrogens is 235 g/mol. The van der Waals surface area contributed by atoms with Crippen LogP contribution in [0.4, 0.5) is 13.2 Å². The van der Waals surface area contributed by atoms with Gasteiger partial charge in [-0.25, -0.2) is 0 Å². The minimum atomic E-state index is -3.99. The first-order chi connectivity index (χ1) is 7.49. The molecule has 1 aliphatic heterocycles. The van der Waals surface area contributed by atoms with Gasteiger partial charge >= 0.3 is 6.18 Å². The summed E-state index contributed by atoms with van der Waals surface area (Å²) in [7, 11) is 0. The molecule has 1 nitrogen and oxygen atoms in total. The summed E-state index contributed by atoms with van der Waals surface area (Å²) < 4.78 is 35.6. The van der Waals surface area contributed by atoms with Crippen molar-refractivity contribution in [1.29, 1.82) is 0 Å². The van der Waals surface area contributed by atoms with Gasteiger partial charge in [0.05, 0.1) is 0 Å². The Hall–Kier alpha value is 0.100. The summed E-state index contributed by atoms with van der Waals surface area (Å²) in [5.41, 5.74) is 0. The largest absolute Gasteiger partial charge is 0.389 e. The van der Waals surface area contributed by atoms with Gasteiger partial charge in [0, 0.05) is 17.7 Å². The van der Waals surface area contributed by atoms with E-state index in [1.54, 1.807) is 0 Å². The third-order valence-corrected chi connectivity index (χ3v) is 4.28. The number of unbranched alkanes of at least 4 members (excludes halogenated alkanes) is 1. The number of halogens is 3. The first-order valence-electron chi connectivity index (χ1n) is 5.91. The van der Waals surface area contributed by atoms with Gasteiger partial charge in [-0.3, -0.25) is 0 Å². The number of hydrogen-bond acceptors (Lipinski definition) is 2. The van der Waals surface area contributed by atoms with Crippen LogP contribution in [0.3, 0.4) is 0 Å². The van der Waals surface area contributed by atoms with E-state index in [2.05, 4.69) is 12.2 Å². The van der Waals surface area contributed by atoms with Crippen molar-refractivity contribution in [2.45, 2.75) is 56.5 Å². The molecule has 1 aliphatic rings. The lowest BCUT2D eigenvalue weighted by Gasteiger charge is -2.29. The van der Waals surface area contributed by atoms with E-state index in [1.165, 1.54) is 12.2 Å². The third kappa shape index (κ3) is 5.99. The Labute approximate surface area is 99.6 Å². The molecule has 1 heterocycles. The highest BCUT2D eigenvalue weighted by Crippen LogP contribution is 2.25. The monoisotopic (exact) mass is 255 g/mol. The topological polar surface area (TPSA) is 12.0 Å². The maximum Gasteiger partial charge on any atom is 0.389 e. The standard InChI is InChI=1S/C11H20F3NS/c1-9-10(5-4-8-16-9)15-7-3-2-6-11(12,13)14/h9-10,15H,2-8H2,1H3. The number of nitrogens with one attached hydrogen (secondary N) is 1. The molecule has 0 saturated carbocycles. The van der Waals surface area contributed by atoms with Crippen LogP contribution < -0.4 is 5.32 Å². The average Bonchev–Trinajstić information content (AvgIpc) is 2.18. The first kappa shape index (κ1) is 14.2. The van der Waals surface area contributed by atoms with Crippen LogP contribution in [0.1, 0.15) is 39.0 Å². The summed E-state index contributed by atoms with van der Waals surface area (Å²) in [6.07, 6.45) is -1.40. The molecule has 0 radical (unpaired) electrons. The Morgan fingerprint density at radius 1 is 1.31 bits per heavy atom. The zero-order valence-corrected chi connectivity index (χ0v) is 10.5. The normalized spacial score (nSPS) is 27.0. The molecule has 2 atom stereocenters. The minimum Gasteiger partial charge on any atom is -0.313 e. The maximum absolute atomic E-state index is 11.9. The van der Waals surface area contributed by atoms with Crippen molar-refractivity contribution in [3.63, 3.8) is 0 Å². The second-order valence-corrected chi connectivity index (χ2v) is 5.84. The van der Waals surface area contributed by atoms with Crippen LogP contribution in [0, 0.1) is 0 Å². The zero-order chi connectivity index (χ0) is 12.0. The molecule has 1 N–H and O–H groups in total. The van der Waals surface area contributed by atoms with Gasteiger partial charge in [0.1, 0.15) is 0 Å². The number of thioether (sulfide) groups is 1. The second-order valence-electron chi connectivity index (χ2n) is 4.35. The summed E-state index contributed by atoms with van der Waals surface area (Å²) in [4.78, 5) is 0. The average molecular weight is 255 g/mol. The Morgan fingerprint density at radius 3 is 2.69 bits per heavy atom. The predicted octanol–water partition coefficient (Wildman–Crippen LogP) is 3.59. The van der Waals surface area contributed by atoms with Crippen LogP contribution in [0.25, 0.3) is 0 Å². The molecule has 0 aliphatic carbocycles. The van der Waals surface area contributed by atoms with E-state index in [9.17, 15) is 13.2 Å². The van der Waals surface area contributed by atoms with Crippen molar-refractivity contribution in [2.75, 3.05) is 12.3 Å². The van der Waals surface area contributed by atoms with E-state index < -0.39 is 12.6 Å². The van der Waals surface area contributed by atoms with E-state index >= 15 is 0 Å². The van der Waals surface area contributed by atoms with Gasteiger partial charge in [-0.1, -0.05) is 6.92 Å². The van der Waals surface area contributed by atoms with Crippen LogP contribution in [0.5, 0.6) is 0 Å². The molecule has 0 bridgehead atoms. The third-order valence-electron chi connectivity index (χ3n) is 2.90. The molecule has 96 valence electrons. The molecule has 5 heteroatoms. The Morgan fingerprint density at radius 2 is 2.06 bits per heavy atom. The lowest BCUT2D eigenvalue weighted by Crippen LogP contribution is -2.39. The molecule has 0 aromatic heterocycles. The summed E-state index contributed by atoms with van der Waals surface area (Å²) in [6.45, 7) is 2.91. The van der Waals surface area contributed by atoms with E-state index in [1.807, 2.05) is 11.8 Å². The molecular formula is C11H20F3NS. The molecule has 16 heavy (non-hydrogen) atoms. The van der Waals surface area contributed by atoms with Crippen molar-refractivity contribution in [3.05, 3.63) is 0 Å². The first-order valence-corrected chi connectivity index (χ1v) is 6.95. The van der Waals surface area contributed by atoms with E-state index in [0.29, 0.717) is 24.3 Å². The van der Waals surface area contributed by atoms with Gasteiger partial charge in [-0.15, -0.1) is 0 Å². The Kier molecular flexibility index (Phi) is 5.97. The second kappa shape index (κ2) is 6.74. The van der Waals surface area contributed by atoms with Gasteiger partial charge < -0.3 is 5.32 Å². The van der Waals surface area contributed by atoms with E-state index in [4.69, 9.17) is 0 Å². The number of alkyl halides is 3. The Bertz CT molecular complexity index is 196. The van der Waals surface area contributed by atoms with Crippen LogP contribution in [0.15, 0.2) is 0 Å². The number of hydrogen-bond donors (Lipinski definition) is 1. The van der Waals surface area contributed by atoms with Crippen molar-refractivity contribution in [1.82, 2.24) is 5.32 Å². The maximum atomic E-state index is 11.9. The summed E-state index contributed by atoms with van der Waals surface area (Å²) in [6, 6.07) is 0.490. The summed E-state index contributed by atoms with van der Waals surface area (Å²) in [5, 5.41) is 3.96. The van der Waals surface area contributed by atoms with Crippen LogP contribution in [-0.4, -0.2) is 29.8 Å². The van der Waals surface area contributed by atoms with Crippen molar-refractivity contribution in [2.24, 2.45) is 0 Å². The summed E-state index contributed by atoms with van der Waals surface area (Å²) >= 11 is 1.95. The highest BCUT2D eigenvalue weighted by Gasteiger charge is 2.26. The SMILES string of the molecule is CC1SCCCC1NCCCCC(F)(F)F.